The first-order valence-corrected chi connectivity index (χ1v) is 15.1. The van der Waals surface area contributed by atoms with Gasteiger partial charge in [0.1, 0.15) is 6.10 Å². The van der Waals surface area contributed by atoms with Crippen LogP contribution in [0.25, 0.3) is 0 Å². The van der Waals surface area contributed by atoms with Crippen molar-refractivity contribution in [1.82, 2.24) is 0 Å². The average molecular weight is 501 g/mol. The van der Waals surface area contributed by atoms with Gasteiger partial charge in [0.25, 0.3) is 0 Å². The van der Waals surface area contributed by atoms with Gasteiger partial charge in [-0.2, -0.15) is 0 Å². The number of hydrogen-bond donors (Lipinski definition) is 1. The van der Waals surface area contributed by atoms with E-state index in [1.54, 1.807) is 0 Å². The van der Waals surface area contributed by atoms with Gasteiger partial charge in [-0.25, -0.2) is 4.57 Å². The van der Waals surface area contributed by atoms with Gasteiger partial charge in [-0.15, -0.1) is 0 Å². The van der Waals surface area contributed by atoms with Crippen LogP contribution in [0.1, 0.15) is 123 Å². The Bertz CT molecular complexity index is 618. The van der Waals surface area contributed by atoms with Crippen LogP contribution in [0.2, 0.25) is 0 Å². The Kier molecular flexibility index (Phi) is 18.5. The predicted octanol–water partition coefficient (Wildman–Crippen LogP) is 8.20. The van der Waals surface area contributed by atoms with Crippen molar-refractivity contribution in [3.05, 3.63) is 24.3 Å². The molecule has 1 N–H and O–H groups in total. The number of carbonyl (C=O) groups is 1. The summed E-state index contributed by atoms with van der Waals surface area (Å²) in [5, 5.41) is 0. The number of ether oxygens (including phenoxy) is 1. The Balaban J connectivity index is 2.61. The fraction of sp³-hybridized carbons (Fsp3) is 0.815. The monoisotopic (exact) mass is 500 g/mol. The summed E-state index contributed by atoms with van der Waals surface area (Å²) in [7, 11) is -4.18. The highest BCUT2D eigenvalue weighted by Crippen LogP contribution is 2.46. The average Bonchev–Trinajstić information content (AvgIpc) is 2.78. The highest BCUT2D eigenvalue weighted by molar-refractivity contribution is 7.47. The van der Waals surface area contributed by atoms with Gasteiger partial charge in [-0.1, -0.05) is 89.0 Å². The summed E-state index contributed by atoms with van der Waals surface area (Å²) in [6.45, 7) is 3.86. The Morgan fingerprint density at radius 1 is 0.912 bits per heavy atom. The van der Waals surface area contributed by atoms with E-state index in [-0.39, 0.29) is 19.1 Å². The fourth-order valence-corrected chi connectivity index (χ4v) is 5.04. The van der Waals surface area contributed by atoms with Crippen LogP contribution < -0.4 is 0 Å². The van der Waals surface area contributed by atoms with Crippen molar-refractivity contribution in [2.45, 2.75) is 135 Å². The van der Waals surface area contributed by atoms with Crippen LogP contribution in [0.15, 0.2) is 24.3 Å². The van der Waals surface area contributed by atoms with E-state index in [1.165, 1.54) is 51.4 Å². The molecule has 0 fully saturated rings. The molecule has 0 saturated heterocycles. The Morgan fingerprint density at radius 3 is 2.12 bits per heavy atom. The van der Waals surface area contributed by atoms with Crippen LogP contribution >= 0.6 is 7.82 Å². The van der Waals surface area contributed by atoms with Gasteiger partial charge in [0, 0.05) is 6.42 Å². The molecule has 0 amide bonds. The molecule has 198 valence electrons. The second kappa shape index (κ2) is 20.3. The number of carbonyl (C=O) groups excluding carboxylic acids is 1. The van der Waals surface area contributed by atoms with Gasteiger partial charge in [0.05, 0.1) is 19.1 Å². The number of cyclic esters (lactones) is 1. The molecule has 0 saturated carbocycles. The predicted molar refractivity (Wildman–Crippen MR) is 139 cm³/mol. The minimum Gasteiger partial charge on any atom is -0.462 e. The van der Waals surface area contributed by atoms with E-state index in [0.717, 1.165) is 32.1 Å². The Morgan fingerprint density at radius 2 is 1.47 bits per heavy atom. The molecule has 0 aliphatic carbocycles. The molecule has 1 rings (SSSR count). The number of rotatable bonds is 5. The van der Waals surface area contributed by atoms with Crippen molar-refractivity contribution in [3.63, 3.8) is 0 Å². The van der Waals surface area contributed by atoms with Crippen molar-refractivity contribution >= 4 is 13.8 Å². The molecule has 0 aromatic rings. The molecule has 0 spiro atoms. The second-order valence-electron chi connectivity index (χ2n) is 9.40. The maximum Gasteiger partial charge on any atom is 0.472 e. The van der Waals surface area contributed by atoms with Gasteiger partial charge >= 0.3 is 13.8 Å². The van der Waals surface area contributed by atoms with Crippen molar-refractivity contribution in [2.75, 3.05) is 6.61 Å². The van der Waals surface area contributed by atoms with E-state index < -0.39 is 19.9 Å². The molecule has 1 heterocycles. The van der Waals surface area contributed by atoms with Gasteiger partial charge in [0.2, 0.25) is 0 Å². The number of allylic oxidation sites excluding steroid dienone is 3. The smallest absolute Gasteiger partial charge is 0.462 e. The molecule has 6 nitrogen and oxygen atoms in total. The lowest BCUT2D eigenvalue weighted by Gasteiger charge is -2.21. The van der Waals surface area contributed by atoms with E-state index in [2.05, 4.69) is 24.3 Å². The van der Waals surface area contributed by atoms with Gasteiger partial charge in [-0.05, 0) is 45.4 Å². The molecule has 34 heavy (non-hydrogen) atoms. The van der Waals surface area contributed by atoms with E-state index in [9.17, 15) is 14.3 Å². The number of hydrogen-bond acceptors (Lipinski definition) is 5. The zero-order valence-corrected chi connectivity index (χ0v) is 22.5. The molecule has 1 aliphatic heterocycles. The minimum atomic E-state index is -4.18. The molecule has 0 aromatic carbocycles. The number of esters is 1. The van der Waals surface area contributed by atoms with Gasteiger partial charge < -0.3 is 9.63 Å². The van der Waals surface area contributed by atoms with Crippen LogP contribution in [-0.2, 0) is 23.1 Å². The normalized spacial score (nSPS) is 27.6. The molecule has 1 unspecified atom stereocenters. The van der Waals surface area contributed by atoms with Crippen LogP contribution in [0, 0.1) is 0 Å². The highest BCUT2D eigenvalue weighted by Gasteiger charge is 2.28. The standard InChI is InChI=1S/C27H49O6P/c1-3-23-31-34(29,30)33-26-22-20-18-16-14-12-10-8-6-4-5-7-9-11-13-15-17-19-21-25(2)32-27(28)24-26/h9,11,17,19,25-26H,3-8,10,12-16,18,20-24H2,1-2H3,(H,29,30)/b11-9+,19-17+/t25-,26-/m1/s1. The first-order valence-electron chi connectivity index (χ1n) is 13.6. The second-order valence-corrected chi connectivity index (χ2v) is 10.8. The van der Waals surface area contributed by atoms with E-state index in [4.69, 9.17) is 13.8 Å². The van der Waals surface area contributed by atoms with Gasteiger partial charge in [0.15, 0.2) is 0 Å². The van der Waals surface area contributed by atoms with Crippen LogP contribution in [0.4, 0.5) is 0 Å². The zero-order chi connectivity index (χ0) is 24.9. The summed E-state index contributed by atoms with van der Waals surface area (Å²) < 4.78 is 28.1. The lowest BCUT2D eigenvalue weighted by molar-refractivity contribution is -0.150. The summed E-state index contributed by atoms with van der Waals surface area (Å²) in [6.07, 6.45) is 24.8. The summed E-state index contributed by atoms with van der Waals surface area (Å²) in [6, 6.07) is 0. The highest BCUT2D eigenvalue weighted by atomic mass is 31.2. The third kappa shape index (κ3) is 18.4. The molecule has 0 radical (unpaired) electrons. The van der Waals surface area contributed by atoms with Crippen molar-refractivity contribution in [3.8, 4) is 0 Å². The number of phosphoric ester groups is 1. The van der Waals surface area contributed by atoms with E-state index in [0.29, 0.717) is 19.3 Å². The maximum absolute atomic E-state index is 12.5. The van der Waals surface area contributed by atoms with Crippen LogP contribution in [-0.4, -0.2) is 29.7 Å². The lowest BCUT2D eigenvalue weighted by atomic mass is 10.0. The Labute approximate surface area is 208 Å². The third-order valence-corrected chi connectivity index (χ3v) is 6.99. The summed E-state index contributed by atoms with van der Waals surface area (Å²) in [5.74, 6) is -0.404. The SMILES string of the molecule is CCCOP(=O)(O)O[C@@H]1CCCCCCCCCCCC/C=C/CC/C=C/C[C@@H](C)OC(=O)C1. The molecule has 0 aromatic heterocycles. The topological polar surface area (TPSA) is 82.1 Å². The number of phosphoric acid groups is 1. The quantitative estimate of drug-likeness (QED) is 0.233. The van der Waals surface area contributed by atoms with Crippen LogP contribution in [0.3, 0.4) is 0 Å². The molecule has 0 bridgehead atoms. The molecule has 1 aliphatic rings. The fourth-order valence-electron chi connectivity index (χ4n) is 4.01. The lowest BCUT2D eigenvalue weighted by Crippen LogP contribution is -2.22. The van der Waals surface area contributed by atoms with E-state index >= 15 is 0 Å². The maximum atomic E-state index is 12.5. The molecule has 3 atom stereocenters. The van der Waals surface area contributed by atoms with E-state index in [1.807, 2.05) is 13.8 Å². The summed E-state index contributed by atoms with van der Waals surface area (Å²) in [4.78, 5) is 22.5. The largest absolute Gasteiger partial charge is 0.472 e. The summed E-state index contributed by atoms with van der Waals surface area (Å²) in [5.41, 5.74) is 0. The zero-order valence-electron chi connectivity index (χ0n) is 21.6. The molecular weight excluding hydrogens is 451 g/mol. The summed E-state index contributed by atoms with van der Waals surface area (Å²) >= 11 is 0. The molecular formula is C27H49O6P. The van der Waals surface area contributed by atoms with Gasteiger partial charge in [-0.3, -0.25) is 13.8 Å². The Hall–Kier alpha value is -0.940. The van der Waals surface area contributed by atoms with Crippen LogP contribution in [0.5, 0.6) is 0 Å². The van der Waals surface area contributed by atoms with Crippen molar-refractivity contribution < 1.29 is 28.0 Å². The van der Waals surface area contributed by atoms with Crippen molar-refractivity contribution in [2.24, 2.45) is 0 Å². The first kappa shape index (κ1) is 31.1. The first-order chi connectivity index (χ1) is 16.4. The molecule has 7 heteroatoms. The minimum absolute atomic E-state index is 0.0428. The third-order valence-electron chi connectivity index (χ3n) is 5.92. The van der Waals surface area contributed by atoms with Crippen molar-refractivity contribution in [1.29, 1.82) is 0 Å².